The first-order chi connectivity index (χ1) is 15.2. The second-order valence-corrected chi connectivity index (χ2v) is 6.51. The maximum atomic E-state index is 11.9. The number of hydrogen-bond donors (Lipinski definition) is 2. The van der Waals surface area contributed by atoms with Gasteiger partial charge in [0.2, 0.25) is 0 Å². The Labute approximate surface area is 180 Å². The Morgan fingerprint density at radius 1 is 0.742 bits per heavy atom. The zero-order chi connectivity index (χ0) is 21.7. The Morgan fingerprint density at radius 2 is 1.32 bits per heavy atom. The van der Waals surface area contributed by atoms with Gasteiger partial charge < -0.3 is 14.8 Å². The summed E-state index contributed by atoms with van der Waals surface area (Å²) in [4.78, 5) is 23.6. The first-order valence-corrected chi connectivity index (χ1v) is 9.72. The average molecular weight is 417 g/mol. The van der Waals surface area contributed by atoms with E-state index in [2.05, 4.69) is 15.8 Å². The van der Waals surface area contributed by atoms with Crippen molar-refractivity contribution < 1.29 is 19.1 Å². The quantitative estimate of drug-likeness (QED) is 0.392. The van der Waals surface area contributed by atoms with E-state index >= 15 is 0 Å². The van der Waals surface area contributed by atoms with E-state index in [1.165, 1.54) is 6.21 Å². The van der Waals surface area contributed by atoms with Crippen molar-refractivity contribution in [2.24, 2.45) is 5.10 Å². The molecule has 7 nitrogen and oxygen atoms in total. The number of hydrogen-bond acceptors (Lipinski definition) is 5. The maximum Gasteiger partial charge on any atom is 0.277 e. The summed E-state index contributed by atoms with van der Waals surface area (Å²) in [5.74, 6) is 0.620. The van der Waals surface area contributed by atoms with Crippen molar-refractivity contribution in [2.75, 3.05) is 13.2 Å². The molecule has 3 aromatic rings. The number of carbonyl (C=O) groups is 2. The second-order valence-electron chi connectivity index (χ2n) is 6.51. The van der Waals surface area contributed by atoms with E-state index < -0.39 is 0 Å². The number of nitrogens with zero attached hydrogens (tertiary/aromatic N) is 1. The summed E-state index contributed by atoms with van der Waals surface area (Å²) in [6.45, 7) is 0.263. The van der Waals surface area contributed by atoms with Crippen LogP contribution in [0.5, 0.6) is 11.5 Å². The highest BCUT2D eigenvalue weighted by Gasteiger charge is 2.03. The van der Waals surface area contributed by atoms with Gasteiger partial charge in [0.05, 0.1) is 6.21 Å². The molecule has 0 fully saturated rings. The van der Waals surface area contributed by atoms with Crippen LogP contribution >= 0.6 is 0 Å². The van der Waals surface area contributed by atoms with E-state index in [0.717, 1.165) is 11.1 Å². The lowest BCUT2D eigenvalue weighted by Gasteiger charge is -2.08. The summed E-state index contributed by atoms with van der Waals surface area (Å²) >= 11 is 0. The zero-order valence-electron chi connectivity index (χ0n) is 16.9. The van der Waals surface area contributed by atoms with Crippen LogP contribution in [0.2, 0.25) is 0 Å². The molecule has 0 aliphatic carbocycles. The molecule has 0 saturated carbocycles. The van der Waals surface area contributed by atoms with Crippen LogP contribution in [-0.4, -0.2) is 31.2 Å². The molecule has 0 spiro atoms. The van der Waals surface area contributed by atoms with E-state index in [-0.39, 0.29) is 25.0 Å². The third-order valence-electron chi connectivity index (χ3n) is 4.10. The summed E-state index contributed by atoms with van der Waals surface area (Å²) in [6.07, 6.45) is 1.51. The molecule has 31 heavy (non-hydrogen) atoms. The molecule has 0 unspecified atom stereocenters. The molecule has 158 valence electrons. The van der Waals surface area contributed by atoms with Crippen molar-refractivity contribution in [3.05, 3.63) is 96.1 Å². The molecule has 3 rings (SSSR count). The minimum atomic E-state index is -0.360. The first kappa shape index (κ1) is 21.6. The van der Waals surface area contributed by atoms with Crippen LogP contribution in [-0.2, 0) is 16.1 Å². The molecule has 0 aromatic heterocycles. The highest BCUT2D eigenvalue weighted by atomic mass is 16.5. The fourth-order valence-electron chi connectivity index (χ4n) is 2.52. The van der Waals surface area contributed by atoms with E-state index in [1.54, 1.807) is 36.4 Å². The van der Waals surface area contributed by atoms with Crippen molar-refractivity contribution >= 4 is 18.0 Å². The van der Waals surface area contributed by atoms with Crippen molar-refractivity contribution in [1.29, 1.82) is 0 Å². The molecule has 0 bridgehead atoms. The molecule has 0 aliphatic heterocycles. The largest absolute Gasteiger partial charge is 0.484 e. The van der Waals surface area contributed by atoms with Crippen LogP contribution in [0.3, 0.4) is 0 Å². The van der Waals surface area contributed by atoms with Gasteiger partial charge in [0.25, 0.3) is 11.8 Å². The Bertz CT molecular complexity index is 990. The standard InChI is InChI=1S/C24H23N3O4/c28-23(25-15-19-7-3-1-4-8-19)17-30-22-13-11-20(12-14-22)16-26-27-24(29)18-31-21-9-5-2-6-10-21/h1-14,16H,15,17-18H2,(H,25,28)(H,27,29)/b26-16+. The van der Waals surface area contributed by atoms with Crippen molar-refractivity contribution in [3.8, 4) is 11.5 Å². The molecule has 7 heteroatoms. The average Bonchev–Trinajstić information content (AvgIpc) is 2.82. The number of amides is 2. The molecule has 0 saturated heterocycles. The lowest BCUT2D eigenvalue weighted by molar-refractivity contribution is -0.123. The van der Waals surface area contributed by atoms with Gasteiger partial charge in [-0.3, -0.25) is 9.59 Å². The molecule has 0 atom stereocenters. The summed E-state index contributed by atoms with van der Waals surface area (Å²) in [5, 5.41) is 6.71. The Morgan fingerprint density at radius 3 is 2.00 bits per heavy atom. The van der Waals surface area contributed by atoms with Gasteiger partial charge in [-0.1, -0.05) is 48.5 Å². The molecule has 0 heterocycles. The Hall–Kier alpha value is -4.13. The monoisotopic (exact) mass is 417 g/mol. The summed E-state index contributed by atoms with van der Waals surface area (Å²) in [5.41, 5.74) is 4.20. The molecule has 0 radical (unpaired) electrons. The Kier molecular flexibility index (Phi) is 8.19. The van der Waals surface area contributed by atoms with Gasteiger partial charge in [0, 0.05) is 6.54 Å². The minimum absolute atomic E-state index is 0.0717. The third-order valence-corrected chi connectivity index (χ3v) is 4.10. The predicted molar refractivity (Wildman–Crippen MR) is 118 cm³/mol. The summed E-state index contributed by atoms with van der Waals surface area (Å²) in [7, 11) is 0. The van der Waals surface area contributed by atoms with Crippen LogP contribution in [0, 0.1) is 0 Å². The van der Waals surface area contributed by atoms with Crippen LogP contribution in [0.15, 0.2) is 90.0 Å². The normalized spacial score (nSPS) is 10.5. The lowest BCUT2D eigenvalue weighted by atomic mass is 10.2. The molecule has 0 aliphatic rings. The predicted octanol–water partition coefficient (Wildman–Crippen LogP) is 2.91. The second kappa shape index (κ2) is 11.8. The first-order valence-electron chi connectivity index (χ1n) is 9.72. The molecule has 2 amide bonds. The molecule has 3 aromatic carbocycles. The van der Waals surface area contributed by atoms with Gasteiger partial charge in [-0.05, 0) is 47.5 Å². The summed E-state index contributed by atoms with van der Waals surface area (Å²) in [6, 6.07) is 25.7. The van der Waals surface area contributed by atoms with Crippen molar-refractivity contribution in [1.82, 2.24) is 10.7 Å². The number of rotatable bonds is 10. The molecular formula is C24H23N3O4. The van der Waals surface area contributed by atoms with Gasteiger partial charge in [-0.2, -0.15) is 5.10 Å². The van der Waals surface area contributed by atoms with Crippen molar-refractivity contribution in [3.63, 3.8) is 0 Å². The number of nitrogens with one attached hydrogen (secondary N) is 2. The third kappa shape index (κ3) is 8.02. The lowest BCUT2D eigenvalue weighted by Crippen LogP contribution is -2.28. The van der Waals surface area contributed by atoms with E-state index in [0.29, 0.717) is 18.0 Å². The van der Waals surface area contributed by atoms with Gasteiger partial charge in [0.1, 0.15) is 11.5 Å². The number of para-hydroxylation sites is 1. The van der Waals surface area contributed by atoms with Crippen LogP contribution < -0.4 is 20.2 Å². The van der Waals surface area contributed by atoms with Gasteiger partial charge in [0.15, 0.2) is 13.2 Å². The summed E-state index contributed by atoms with van der Waals surface area (Å²) < 4.78 is 10.8. The fourth-order valence-corrected chi connectivity index (χ4v) is 2.52. The van der Waals surface area contributed by atoms with Crippen LogP contribution in [0.4, 0.5) is 0 Å². The van der Waals surface area contributed by atoms with Crippen molar-refractivity contribution in [2.45, 2.75) is 6.54 Å². The highest BCUT2D eigenvalue weighted by molar-refractivity contribution is 5.83. The smallest absolute Gasteiger partial charge is 0.277 e. The van der Waals surface area contributed by atoms with Gasteiger partial charge >= 0.3 is 0 Å². The van der Waals surface area contributed by atoms with E-state index in [9.17, 15) is 9.59 Å². The maximum absolute atomic E-state index is 11.9. The van der Waals surface area contributed by atoms with Gasteiger partial charge in [-0.25, -0.2) is 5.43 Å². The molecular weight excluding hydrogens is 394 g/mol. The highest BCUT2D eigenvalue weighted by Crippen LogP contribution is 2.11. The Balaban J connectivity index is 1.35. The van der Waals surface area contributed by atoms with E-state index in [4.69, 9.17) is 9.47 Å². The number of benzene rings is 3. The van der Waals surface area contributed by atoms with E-state index in [1.807, 2.05) is 48.5 Å². The van der Waals surface area contributed by atoms with Crippen LogP contribution in [0.25, 0.3) is 0 Å². The SMILES string of the molecule is O=C(COc1ccc(/C=N/NC(=O)COc2ccccc2)cc1)NCc1ccccc1. The molecule has 2 N–H and O–H groups in total. The fraction of sp³-hybridized carbons (Fsp3) is 0.125. The zero-order valence-corrected chi connectivity index (χ0v) is 16.9. The number of carbonyl (C=O) groups excluding carboxylic acids is 2. The number of ether oxygens (including phenoxy) is 2. The number of hydrazone groups is 1. The van der Waals surface area contributed by atoms with Crippen LogP contribution in [0.1, 0.15) is 11.1 Å². The minimum Gasteiger partial charge on any atom is -0.484 e. The topological polar surface area (TPSA) is 89.0 Å². The van der Waals surface area contributed by atoms with Gasteiger partial charge in [-0.15, -0.1) is 0 Å².